The molecule has 5 aromatic carbocycles. The van der Waals surface area contributed by atoms with Crippen LogP contribution >= 0.6 is 0 Å². The Kier molecular flexibility index (Phi) is 7.14. The van der Waals surface area contributed by atoms with Crippen LogP contribution in [0.3, 0.4) is 0 Å². The molecular formula is C34H30O2. The monoisotopic (exact) mass is 470 g/mol. The molecule has 0 atom stereocenters. The second-order valence-corrected chi connectivity index (χ2v) is 9.29. The van der Waals surface area contributed by atoms with Gasteiger partial charge in [-0.2, -0.15) is 0 Å². The van der Waals surface area contributed by atoms with Crippen LogP contribution in [0.4, 0.5) is 0 Å². The normalized spacial score (nSPS) is 10.7. The van der Waals surface area contributed by atoms with Gasteiger partial charge in [-0.1, -0.05) is 83.9 Å². The van der Waals surface area contributed by atoms with E-state index in [0.717, 1.165) is 35.8 Å². The van der Waals surface area contributed by atoms with Gasteiger partial charge in [0.1, 0.15) is 23.0 Å². The Hall–Kier alpha value is -4.30. The summed E-state index contributed by atoms with van der Waals surface area (Å²) in [6, 6.07) is 41.7. The predicted molar refractivity (Wildman–Crippen MR) is 147 cm³/mol. The summed E-state index contributed by atoms with van der Waals surface area (Å²) in [6.45, 7) is 4.19. The predicted octanol–water partition coefficient (Wildman–Crippen LogP) is 9.07. The molecule has 2 nitrogen and oxygen atoms in total. The molecule has 0 saturated carbocycles. The lowest BCUT2D eigenvalue weighted by Crippen LogP contribution is -1.92. The Balaban J connectivity index is 1.14. The Bertz CT molecular complexity index is 1270. The van der Waals surface area contributed by atoms with Crippen molar-refractivity contribution >= 4 is 0 Å². The first-order chi connectivity index (χ1) is 17.6. The number of hydrogen-bond donors (Lipinski definition) is 0. The zero-order chi connectivity index (χ0) is 24.7. The van der Waals surface area contributed by atoms with Crippen molar-refractivity contribution in [3.05, 3.63) is 155 Å². The van der Waals surface area contributed by atoms with Gasteiger partial charge >= 0.3 is 0 Å². The first-order valence-electron chi connectivity index (χ1n) is 12.3. The number of aryl methyl sites for hydroxylation is 2. The van der Waals surface area contributed by atoms with Crippen LogP contribution in [0.2, 0.25) is 0 Å². The third-order valence-corrected chi connectivity index (χ3v) is 6.20. The van der Waals surface area contributed by atoms with Crippen molar-refractivity contribution in [2.45, 2.75) is 26.7 Å². The minimum absolute atomic E-state index is 0.781. The van der Waals surface area contributed by atoms with Crippen molar-refractivity contribution in [3.8, 4) is 23.0 Å². The van der Waals surface area contributed by atoms with Crippen LogP contribution in [-0.4, -0.2) is 0 Å². The fourth-order valence-corrected chi connectivity index (χ4v) is 4.08. The summed E-state index contributed by atoms with van der Waals surface area (Å²) in [5, 5.41) is 0. The summed E-state index contributed by atoms with van der Waals surface area (Å²) in [7, 11) is 0. The lowest BCUT2D eigenvalue weighted by molar-refractivity contribution is 0.469. The molecule has 0 bridgehead atoms. The minimum atomic E-state index is 0.781. The van der Waals surface area contributed by atoms with Crippen molar-refractivity contribution in [1.82, 2.24) is 0 Å². The molecule has 0 aliphatic rings. The van der Waals surface area contributed by atoms with Gasteiger partial charge in [-0.25, -0.2) is 0 Å². The van der Waals surface area contributed by atoms with Crippen molar-refractivity contribution in [2.24, 2.45) is 0 Å². The molecular weight excluding hydrogens is 440 g/mol. The second kappa shape index (κ2) is 11.0. The molecule has 0 aliphatic heterocycles. The largest absolute Gasteiger partial charge is 0.457 e. The van der Waals surface area contributed by atoms with Gasteiger partial charge in [0.25, 0.3) is 0 Å². The van der Waals surface area contributed by atoms with E-state index < -0.39 is 0 Å². The van der Waals surface area contributed by atoms with E-state index in [1.165, 1.54) is 33.4 Å². The number of hydrogen-bond acceptors (Lipinski definition) is 2. The molecule has 0 amide bonds. The van der Waals surface area contributed by atoms with E-state index in [1.807, 2.05) is 60.7 Å². The summed E-state index contributed by atoms with van der Waals surface area (Å²) in [4.78, 5) is 0. The van der Waals surface area contributed by atoms with Crippen LogP contribution < -0.4 is 9.47 Å². The van der Waals surface area contributed by atoms with Crippen molar-refractivity contribution in [1.29, 1.82) is 0 Å². The van der Waals surface area contributed by atoms with E-state index in [4.69, 9.17) is 9.47 Å². The molecule has 2 heteroatoms. The Morgan fingerprint density at radius 3 is 0.917 bits per heavy atom. The van der Waals surface area contributed by atoms with Gasteiger partial charge in [-0.15, -0.1) is 0 Å². The molecule has 0 unspecified atom stereocenters. The average Bonchev–Trinajstić information content (AvgIpc) is 2.90. The zero-order valence-corrected chi connectivity index (χ0v) is 20.8. The summed E-state index contributed by atoms with van der Waals surface area (Å²) in [6.07, 6.45) is 1.86. The molecule has 0 heterocycles. The van der Waals surface area contributed by atoms with Crippen molar-refractivity contribution < 1.29 is 9.47 Å². The number of ether oxygens (including phenoxy) is 2. The molecule has 0 aromatic heterocycles. The summed E-state index contributed by atoms with van der Waals surface area (Å²) in [5.74, 6) is 3.21. The molecule has 0 aliphatic carbocycles. The summed E-state index contributed by atoms with van der Waals surface area (Å²) >= 11 is 0. The Labute approximate surface area is 213 Å². The smallest absolute Gasteiger partial charge is 0.127 e. The quantitative estimate of drug-likeness (QED) is 0.225. The third-order valence-electron chi connectivity index (χ3n) is 6.20. The maximum Gasteiger partial charge on any atom is 0.127 e. The van der Waals surface area contributed by atoms with Crippen LogP contribution in [-0.2, 0) is 12.8 Å². The first-order valence-corrected chi connectivity index (χ1v) is 12.3. The van der Waals surface area contributed by atoms with E-state index >= 15 is 0 Å². The van der Waals surface area contributed by atoms with E-state index in [2.05, 4.69) is 74.5 Å². The van der Waals surface area contributed by atoms with Crippen LogP contribution in [0.5, 0.6) is 23.0 Å². The molecule has 0 fully saturated rings. The topological polar surface area (TPSA) is 18.5 Å². The molecule has 5 rings (SSSR count). The molecule has 0 N–H and O–H groups in total. The highest BCUT2D eigenvalue weighted by molar-refractivity contribution is 5.40. The highest BCUT2D eigenvalue weighted by Gasteiger charge is 2.03. The molecule has 5 aromatic rings. The van der Waals surface area contributed by atoms with Gasteiger partial charge < -0.3 is 9.47 Å². The molecule has 0 spiro atoms. The van der Waals surface area contributed by atoms with E-state index in [9.17, 15) is 0 Å². The van der Waals surface area contributed by atoms with E-state index in [0.29, 0.717) is 0 Å². The fourth-order valence-electron chi connectivity index (χ4n) is 4.08. The van der Waals surface area contributed by atoms with Gasteiger partial charge in [-0.05, 0) is 97.5 Å². The highest BCUT2D eigenvalue weighted by Crippen LogP contribution is 2.27. The second-order valence-electron chi connectivity index (χ2n) is 9.29. The average molecular weight is 471 g/mol. The lowest BCUT2D eigenvalue weighted by Gasteiger charge is -2.09. The summed E-state index contributed by atoms with van der Waals surface area (Å²) < 4.78 is 11.9. The maximum atomic E-state index is 6.03. The Morgan fingerprint density at radius 1 is 0.333 bits per heavy atom. The van der Waals surface area contributed by atoms with E-state index in [1.54, 1.807) is 0 Å². The number of benzene rings is 5. The van der Waals surface area contributed by atoms with Gasteiger partial charge in [0.05, 0.1) is 0 Å². The highest BCUT2D eigenvalue weighted by atomic mass is 16.5. The zero-order valence-electron chi connectivity index (χ0n) is 20.8. The molecule has 178 valence electrons. The first kappa shape index (κ1) is 23.4. The van der Waals surface area contributed by atoms with Crippen LogP contribution in [0, 0.1) is 13.8 Å². The molecule has 36 heavy (non-hydrogen) atoms. The van der Waals surface area contributed by atoms with Crippen molar-refractivity contribution in [3.63, 3.8) is 0 Å². The standard InChI is InChI=1S/C34H30O2/c1-25-3-7-27(8-4-25)23-28-9-11-29(12-10-28)24-30-13-17-32(18-14-30)36-34-21-19-33(20-22-34)35-31-15-5-26(2)6-16-31/h3-22H,23-24H2,1-2H3. The van der Waals surface area contributed by atoms with Crippen LogP contribution in [0.15, 0.2) is 121 Å². The van der Waals surface area contributed by atoms with Gasteiger partial charge in [0.2, 0.25) is 0 Å². The third kappa shape index (κ3) is 6.43. The maximum absolute atomic E-state index is 6.03. The van der Waals surface area contributed by atoms with Crippen LogP contribution in [0.1, 0.15) is 33.4 Å². The van der Waals surface area contributed by atoms with E-state index in [-0.39, 0.29) is 0 Å². The Morgan fingerprint density at radius 2 is 0.556 bits per heavy atom. The van der Waals surface area contributed by atoms with Gasteiger partial charge in [0.15, 0.2) is 0 Å². The lowest BCUT2D eigenvalue weighted by atomic mass is 10.00. The number of rotatable bonds is 8. The summed E-state index contributed by atoms with van der Waals surface area (Å²) in [5.41, 5.74) is 7.76. The van der Waals surface area contributed by atoms with Gasteiger partial charge in [0, 0.05) is 0 Å². The van der Waals surface area contributed by atoms with Gasteiger partial charge in [-0.3, -0.25) is 0 Å². The van der Waals surface area contributed by atoms with Crippen molar-refractivity contribution in [2.75, 3.05) is 0 Å². The fraction of sp³-hybridized carbons (Fsp3) is 0.118. The van der Waals surface area contributed by atoms with Crippen LogP contribution in [0.25, 0.3) is 0 Å². The molecule has 0 radical (unpaired) electrons. The SMILES string of the molecule is Cc1ccc(Cc2ccc(Cc3ccc(Oc4ccc(Oc5ccc(C)cc5)cc4)cc3)cc2)cc1. The minimum Gasteiger partial charge on any atom is -0.457 e. The molecule has 0 saturated heterocycles.